The Bertz CT molecular complexity index is 892. The molecule has 3 aromatic rings. The summed E-state index contributed by atoms with van der Waals surface area (Å²) in [6, 6.07) is 7.58. The van der Waals surface area contributed by atoms with Gasteiger partial charge in [0.1, 0.15) is 0 Å². The van der Waals surface area contributed by atoms with Crippen LogP contribution in [-0.2, 0) is 0 Å². The molecule has 122 valence electrons. The van der Waals surface area contributed by atoms with Crippen molar-refractivity contribution in [2.75, 3.05) is 12.0 Å². The largest absolute Gasteiger partial charge is 0.435 e. The number of hydrogen-bond donors (Lipinski definition) is 1. The van der Waals surface area contributed by atoms with Gasteiger partial charge in [-0.3, -0.25) is 0 Å². The number of halogens is 2. The second-order valence-electron chi connectivity index (χ2n) is 4.67. The maximum atomic E-state index is 14.0. The molecule has 0 aliphatic heterocycles. The van der Waals surface area contributed by atoms with Gasteiger partial charge < -0.3 is 10.5 Å². The van der Waals surface area contributed by atoms with Gasteiger partial charge in [0.25, 0.3) is 0 Å². The molecule has 0 saturated heterocycles. The van der Waals surface area contributed by atoms with Gasteiger partial charge in [-0.15, -0.1) is 0 Å². The maximum absolute atomic E-state index is 14.0. The van der Waals surface area contributed by atoms with Crippen molar-refractivity contribution < 1.29 is 13.5 Å². The Hall–Kier alpha value is -2.74. The van der Waals surface area contributed by atoms with E-state index in [9.17, 15) is 8.78 Å². The third kappa shape index (κ3) is 3.13. The van der Waals surface area contributed by atoms with Crippen molar-refractivity contribution in [3.8, 4) is 22.9 Å². The van der Waals surface area contributed by atoms with E-state index in [1.54, 1.807) is 24.4 Å². The predicted molar refractivity (Wildman–Crippen MR) is 87.9 cm³/mol. The zero-order valence-electron chi connectivity index (χ0n) is 12.5. The fourth-order valence-corrected chi connectivity index (χ4v) is 2.34. The lowest BCUT2D eigenvalue weighted by Gasteiger charge is -2.11. The van der Waals surface area contributed by atoms with E-state index in [0.29, 0.717) is 16.4 Å². The molecule has 3 rings (SSSR count). The number of thioether (sulfide) groups is 1. The van der Waals surface area contributed by atoms with Gasteiger partial charge in [0.15, 0.2) is 16.7 Å². The SMILES string of the molecule is CSc1nccc(-c2cccnc2Oc2ccc(N)c(F)c2F)n1. The molecule has 2 heterocycles. The van der Waals surface area contributed by atoms with Gasteiger partial charge in [0.2, 0.25) is 11.7 Å². The molecule has 0 atom stereocenters. The smallest absolute Gasteiger partial charge is 0.228 e. The molecule has 24 heavy (non-hydrogen) atoms. The summed E-state index contributed by atoms with van der Waals surface area (Å²) >= 11 is 1.39. The average molecular weight is 346 g/mol. The van der Waals surface area contributed by atoms with Crippen LogP contribution in [0.1, 0.15) is 0 Å². The van der Waals surface area contributed by atoms with E-state index in [1.165, 1.54) is 30.1 Å². The number of nitrogen functional groups attached to an aromatic ring is 1. The van der Waals surface area contributed by atoms with Gasteiger partial charge in [-0.05, 0) is 36.6 Å². The summed E-state index contributed by atoms with van der Waals surface area (Å²) < 4.78 is 33.0. The first-order chi connectivity index (χ1) is 11.6. The third-order valence-electron chi connectivity index (χ3n) is 3.15. The Morgan fingerprint density at radius 1 is 1.04 bits per heavy atom. The number of aromatic nitrogens is 3. The van der Waals surface area contributed by atoms with Crippen molar-refractivity contribution in [2.45, 2.75) is 5.16 Å². The van der Waals surface area contributed by atoms with Gasteiger partial charge in [0.05, 0.1) is 16.9 Å². The number of nitrogens with zero attached hydrogens (tertiary/aromatic N) is 3. The van der Waals surface area contributed by atoms with Crippen LogP contribution in [0.5, 0.6) is 11.6 Å². The molecule has 0 amide bonds. The van der Waals surface area contributed by atoms with Crippen molar-refractivity contribution in [3.05, 3.63) is 54.4 Å². The molecule has 5 nitrogen and oxygen atoms in total. The van der Waals surface area contributed by atoms with E-state index in [0.717, 1.165) is 0 Å². The third-order valence-corrected chi connectivity index (χ3v) is 3.71. The molecule has 2 N–H and O–H groups in total. The summed E-state index contributed by atoms with van der Waals surface area (Å²) in [4.78, 5) is 12.6. The molecule has 8 heteroatoms. The van der Waals surface area contributed by atoms with Crippen molar-refractivity contribution in [3.63, 3.8) is 0 Å². The zero-order valence-corrected chi connectivity index (χ0v) is 13.3. The van der Waals surface area contributed by atoms with Crippen molar-refractivity contribution in [1.29, 1.82) is 0 Å². The van der Waals surface area contributed by atoms with Crippen molar-refractivity contribution in [2.24, 2.45) is 0 Å². The van der Waals surface area contributed by atoms with Crippen LogP contribution in [0.15, 0.2) is 47.9 Å². The topological polar surface area (TPSA) is 73.9 Å². The number of rotatable bonds is 4. The fourth-order valence-electron chi connectivity index (χ4n) is 1.99. The number of nitrogens with two attached hydrogens (primary N) is 1. The predicted octanol–water partition coefficient (Wildman–Crippen LogP) is 3.91. The lowest BCUT2D eigenvalue weighted by Crippen LogP contribution is -1.99. The Balaban J connectivity index is 2.03. The molecular formula is C16H12F2N4OS. The summed E-state index contributed by atoms with van der Waals surface area (Å²) in [5, 5.41) is 0.576. The van der Waals surface area contributed by atoms with Gasteiger partial charge >= 0.3 is 0 Å². The van der Waals surface area contributed by atoms with Crippen molar-refractivity contribution >= 4 is 17.4 Å². The van der Waals surface area contributed by atoms with Crippen LogP contribution in [-0.4, -0.2) is 21.2 Å². The van der Waals surface area contributed by atoms with E-state index in [-0.39, 0.29) is 17.3 Å². The molecule has 0 aliphatic carbocycles. The molecule has 0 fully saturated rings. The summed E-state index contributed by atoms with van der Waals surface area (Å²) in [7, 11) is 0. The summed E-state index contributed by atoms with van der Waals surface area (Å²) in [6.07, 6.45) is 4.95. The molecule has 0 spiro atoms. The van der Waals surface area contributed by atoms with E-state index in [2.05, 4.69) is 15.0 Å². The van der Waals surface area contributed by atoms with Crippen LogP contribution in [0.25, 0.3) is 11.3 Å². The fraction of sp³-hybridized carbons (Fsp3) is 0.0625. The molecule has 0 aliphatic rings. The highest BCUT2D eigenvalue weighted by atomic mass is 32.2. The first-order valence-electron chi connectivity index (χ1n) is 6.84. The Kier molecular flexibility index (Phi) is 4.57. The van der Waals surface area contributed by atoms with Crippen molar-refractivity contribution in [1.82, 2.24) is 15.0 Å². The second kappa shape index (κ2) is 6.79. The monoisotopic (exact) mass is 346 g/mol. The van der Waals surface area contributed by atoms with E-state index < -0.39 is 11.6 Å². The quantitative estimate of drug-likeness (QED) is 0.439. The summed E-state index contributed by atoms with van der Waals surface area (Å²) in [6.45, 7) is 0. The minimum Gasteiger partial charge on any atom is -0.435 e. The highest BCUT2D eigenvalue weighted by Gasteiger charge is 2.16. The Morgan fingerprint density at radius 3 is 2.67 bits per heavy atom. The zero-order chi connectivity index (χ0) is 17.1. The molecule has 2 aromatic heterocycles. The Morgan fingerprint density at radius 2 is 1.88 bits per heavy atom. The minimum atomic E-state index is -1.17. The van der Waals surface area contributed by atoms with Crippen LogP contribution < -0.4 is 10.5 Å². The van der Waals surface area contributed by atoms with E-state index in [1.807, 2.05) is 6.26 Å². The molecule has 0 saturated carbocycles. The lowest BCUT2D eigenvalue weighted by atomic mass is 10.2. The summed E-state index contributed by atoms with van der Waals surface area (Å²) in [5.41, 5.74) is 6.14. The van der Waals surface area contributed by atoms with Crippen LogP contribution in [0.2, 0.25) is 0 Å². The highest BCUT2D eigenvalue weighted by Crippen LogP contribution is 2.33. The van der Waals surface area contributed by atoms with Gasteiger partial charge in [-0.2, -0.15) is 4.39 Å². The van der Waals surface area contributed by atoms with Gasteiger partial charge in [-0.1, -0.05) is 11.8 Å². The van der Waals surface area contributed by atoms with Gasteiger partial charge in [0, 0.05) is 12.4 Å². The number of hydrogen-bond acceptors (Lipinski definition) is 6. The number of pyridine rings is 1. The Labute approximate surface area is 140 Å². The normalized spacial score (nSPS) is 10.6. The molecule has 0 unspecified atom stereocenters. The standard InChI is InChI=1S/C16H12F2N4OS/c1-24-16-21-8-6-11(22-16)9-3-2-7-20-15(9)23-12-5-4-10(19)13(17)14(12)18/h2-8H,19H2,1H3. The van der Waals surface area contributed by atoms with Crippen LogP contribution in [0.4, 0.5) is 14.5 Å². The molecule has 1 aromatic carbocycles. The lowest BCUT2D eigenvalue weighted by molar-refractivity contribution is 0.407. The van der Waals surface area contributed by atoms with E-state index >= 15 is 0 Å². The maximum Gasteiger partial charge on any atom is 0.228 e. The number of benzene rings is 1. The van der Waals surface area contributed by atoms with Gasteiger partial charge in [-0.25, -0.2) is 19.3 Å². The first-order valence-corrected chi connectivity index (χ1v) is 8.06. The molecule has 0 radical (unpaired) electrons. The van der Waals surface area contributed by atoms with Crippen LogP contribution >= 0.6 is 11.8 Å². The highest BCUT2D eigenvalue weighted by molar-refractivity contribution is 7.98. The van der Waals surface area contributed by atoms with Crippen LogP contribution in [0, 0.1) is 11.6 Å². The number of anilines is 1. The number of ether oxygens (including phenoxy) is 1. The molecular weight excluding hydrogens is 334 g/mol. The minimum absolute atomic E-state index is 0.103. The summed E-state index contributed by atoms with van der Waals surface area (Å²) in [5.74, 6) is -2.53. The molecule has 0 bridgehead atoms. The first kappa shape index (κ1) is 16.1. The van der Waals surface area contributed by atoms with E-state index in [4.69, 9.17) is 10.5 Å². The average Bonchev–Trinajstić information content (AvgIpc) is 2.62. The van der Waals surface area contributed by atoms with Crippen LogP contribution in [0.3, 0.4) is 0 Å². The second-order valence-corrected chi connectivity index (χ2v) is 5.44.